The topological polar surface area (TPSA) is 15.3 Å². The van der Waals surface area contributed by atoms with Crippen LogP contribution < -0.4 is 5.32 Å². The summed E-state index contributed by atoms with van der Waals surface area (Å²) in [6.07, 6.45) is 4.24. The number of hydrogen-bond acceptors (Lipinski definition) is 2. The molecule has 2 aliphatic rings. The zero-order valence-electron chi connectivity index (χ0n) is 11.4. The van der Waals surface area contributed by atoms with Crippen molar-refractivity contribution in [2.45, 2.75) is 59.0 Å². The fourth-order valence-electron chi connectivity index (χ4n) is 2.78. The van der Waals surface area contributed by atoms with Crippen molar-refractivity contribution in [3.8, 4) is 0 Å². The predicted molar refractivity (Wildman–Crippen MR) is 69.6 cm³/mol. The average molecular weight is 224 g/mol. The summed E-state index contributed by atoms with van der Waals surface area (Å²) in [5.41, 5.74) is 0.381. The van der Waals surface area contributed by atoms with Gasteiger partial charge in [0.15, 0.2) is 0 Å². The van der Waals surface area contributed by atoms with Crippen molar-refractivity contribution in [3.63, 3.8) is 0 Å². The summed E-state index contributed by atoms with van der Waals surface area (Å²) in [7, 11) is 0. The Balaban J connectivity index is 1.97. The van der Waals surface area contributed by atoms with Crippen molar-refractivity contribution < 1.29 is 0 Å². The zero-order valence-corrected chi connectivity index (χ0v) is 11.4. The summed E-state index contributed by atoms with van der Waals surface area (Å²) in [4.78, 5) is 2.73. The summed E-state index contributed by atoms with van der Waals surface area (Å²) in [5.74, 6) is 0.999. The van der Waals surface area contributed by atoms with Crippen molar-refractivity contribution in [2.75, 3.05) is 19.6 Å². The molecule has 0 amide bonds. The average Bonchev–Trinajstić information content (AvgIpc) is 3.03. The molecule has 1 heterocycles. The Kier molecular flexibility index (Phi) is 3.60. The largest absolute Gasteiger partial charge is 0.312 e. The first-order valence-electron chi connectivity index (χ1n) is 6.96. The van der Waals surface area contributed by atoms with Gasteiger partial charge < -0.3 is 5.32 Å². The highest BCUT2D eigenvalue weighted by Crippen LogP contribution is 2.36. The van der Waals surface area contributed by atoms with Crippen molar-refractivity contribution in [1.29, 1.82) is 0 Å². The van der Waals surface area contributed by atoms with E-state index in [1.165, 1.54) is 38.9 Å². The Hall–Kier alpha value is -0.0800. The molecular weight excluding hydrogens is 196 g/mol. The maximum absolute atomic E-state index is 3.72. The zero-order chi connectivity index (χ0) is 11.8. The van der Waals surface area contributed by atoms with Gasteiger partial charge in [0, 0.05) is 18.6 Å². The van der Waals surface area contributed by atoms with Crippen LogP contribution in [0.1, 0.15) is 47.0 Å². The molecule has 1 aliphatic carbocycles. The molecule has 1 N–H and O–H groups in total. The first kappa shape index (κ1) is 12.4. The van der Waals surface area contributed by atoms with Crippen LogP contribution in [0.25, 0.3) is 0 Å². The van der Waals surface area contributed by atoms with Gasteiger partial charge in [-0.1, -0.05) is 20.8 Å². The lowest BCUT2D eigenvalue weighted by Gasteiger charge is -2.36. The molecule has 0 aromatic heterocycles. The molecule has 1 aliphatic heterocycles. The minimum atomic E-state index is 0.381. The van der Waals surface area contributed by atoms with Crippen LogP contribution in [0.4, 0.5) is 0 Å². The lowest BCUT2D eigenvalue weighted by molar-refractivity contribution is 0.149. The number of nitrogens with one attached hydrogen (secondary N) is 1. The Morgan fingerprint density at radius 1 is 1.25 bits per heavy atom. The van der Waals surface area contributed by atoms with Crippen molar-refractivity contribution in [2.24, 2.45) is 11.3 Å². The number of nitrogens with zero attached hydrogens (tertiary/aromatic N) is 1. The van der Waals surface area contributed by atoms with E-state index in [-0.39, 0.29) is 0 Å². The van der Waals surface area contributed by atoms with E-state index in [9.17, 15) is 0 Å². The molecule has 94 valence electrons. The third kappa shape index (κ3) is 2.98. The lowest BCUT2D eigenvalue weighted by atomic mass is 9.86. The van der Waals surface area contributed by atoms with E-state index in [4.69, 9.17) is 0 Å². The second kappa shape index (κ2) is 4.66. The fraction of sp³-hybridized carbons (Fsp3) is 1.00. The van der Waals surface area contributed by atoms with E-state index in [1.807, 2.05) is 0 Å². The summed E-state index contributed by atoms with van der Waals surface area (Å²) in [6, 6.07) is 1.46. The first-order valence-corrected chi connectivity index (χ1v) is 6.96. The molecule has 16 heavy (non-hydrogen) atoms. The van der Waals surface area contributed by atoms with Crippen LogP contribution in [0.5, 0.6) is 0 Å². The molecule has 1 saturated carbocycles. The van der Waals surface area contributed by atoms with E-state index in [0.29, 0.717) is 11.5 Å². The monoisotopic (exact) mass is 224 g/mol. The second-order valence-electron chi connectivity index (χ2n) is 6.80. The van der Waals surface area contributed by atoms with Crippen LogP contribution in [0.3, 0.4) is 0 Å². The molecule has 2 rings (SSSR count). The van der Waals surface area contributed by atoms with Gasteiger partial charge in [-0.05, 0) is 50.6 Å². The van der Waals surface area contributed by atoms with Crippen LogP contribution in [0.2, 0.25) is 0 Å². The van der Waals surface area contributed by atoms with E-state index in [0.717, 1.165) is 12.0 Å². The molecule has 2 nitrogen and oxygen atoms in total. The standard InChI is InChI=1S/C14H28N2/c1-11(12-6-7-12)16-9-5-8-15-13(10-16)14(2,3)4/h11-13,15H,5-10H2,1-4H3. The number of rotatable bonds is 2. The highest BCUT2D eigenvalue weighted by atomic mass is 15.2. The minimum absolute atomic E-state index is 0.381. The molecule has 0 aromatic carbocycles. The third-order valence-corrected chi connectivity index (χ3v) is 4.36. The predicted octanol–water partition coefficient (Wildman–Crippen LogP) is 2.49. The van der Waals surface area contributed by atoms with E-state index < -0.39 is 0 Å². The Bertz CT molecular complexity index is 227. The molecule has 1 saturated heterocycles. The Morgan fingerprint density at radius 2 is 1.94 bits per heavy atom. The summed E-state index contributed by atoms with van der Waals surface area (Å²) < 4.78 is 0. The SMILES string of the molecule is CC(C1CC1)N1CCCNC(C(C)(C)C)C1. The maximum atomic E-state index is 3.72. The van der Waals surface area contributed by atoms with Crippen molar-refractivity contribution in [3.05, 3.63) is 0 Å². The summed E-state index contributed by atoms with van der Waals surface area (Å²) >= 11 is 0. The van der Waals surface area contributed by atoms with Gasteiger partial charge in [-0.2, -0.15) is 0 Å². The van der Waals surface area contributed by atoms with Crippen LogP contribution in [0.15, 0.2) is 0 Å². The third-order valence-electron chi connectivity index (χ3n) is 4.36. The van der Waals surface area contributed by atoms with Gasteiger partial charge in [0.2, 0.25) is 0 Å². The van der Waals surface area contributed by atoms with Gasteiger partial charge in [-0.3, -0.25) is 4.90 Å². The molecule has 2 fully saturated rings. The van der Waals surface area contributed by atoms with Gasteiger partial charge in [-0.25, -0.2) is 0 Å². The Labute approximate surface area is 101 Å². The quantitative estimate of drug-likeness (QED) is 0.775. The molecule has 0 bridgehead atoms. The highest BCUT2D eigenvalue weighted by Gasteiger charge is 2.35. The first-order chi connectivity index (χ1) is 7.48. The van der Waals surface area contributed by atoms with Gasteiger partial charge in [0.25, 0.3) is 0 Å². The van der Waals surface area contributed by atoms with E-state index in [1.54, 1.807) is 0 Å². The van der Waals surface area contributed by atoms with Gasteiger partial charge in [0.1, 0.15) is 0 Å². The van der Waals surface area contributed by atoms with E-state index in [2.05, 4.69) is 37.9 Å². The summed E-state index contributed by atoms with van der Waals surface area (Å²) in [5, 5.41) is 3.72. The van der Waals surface area contributed by atoms with E-state index >= 15 is 0 Å². The van der Waals surface area contributed by atoms with Gasteiger partial charge >= 0.3 is 0 Å². The number of hydrogen-bond donors (Lipinski definition) is 1. The second-order valence-corrected chi connectivity index (χ2v) is 6.80. The van der Waals surface area contributed by atoms with Gasteiger partial charge in [0.05, 0.1) is 0 Å². The highest BCUT2D eigenvalue weighted by molar-refractivity contribution is 4.91. The van der Waals surface area contributed by atoms with Crippen LogP contribution in [-0.4, -0.2) is 36.6 Å². The minimum Gasteiger partial charge on any atom is -0.312 e. The fourth-order valence-corrected chi connectivity index (χ4v) is 2.78. The van der Waals surface area contributed by atoms with Crippen molar-refractivity contribution in [1.82, 2.24) is 10.2 Å². The van der Waals surface area contributed by atoms with Crippen LogP contribution in [0, 0.1) is 11.3 Å². The Morgan fingerprint density at radius 3 is 2.50 bits per heavy atom. The smallest absolute Gasteiger partial charge is 0.0243 e. The van der Waals surface area contributed by atoms with Crippen LogP contribution in [-0.2, 0) is 0 Å². The molecule has 0 spiro atoms. The molecule has 0 aromatic rings. The molecule has 2 unspecified atom stereocenters. The van der Waals surface area contributed by atoms with Crippen LogP contribution >= 0.6 is 0 Å². The summed E-state index contributed by atoms with van der Waals surface area (Å²) in [6.45, 7) is 13.2. The molecule has 2 atom stereocenters. The maximum Gasteiger partial charge on any atom is 0.0243 e. The van der Waals surface area contributed by atoms with Crippen molar-refractivity contribution >= 4 is 0 Å². The van der Waals surface area contributed by atoms with Gasteiger partial charge in [-0.15, -0.1) is 0 Å². The normalized spacial score (nSPS) is 31.1. The molecule has 2 heteroatoms. The lowest BCUT2D eigenvalue weighted by Crippen LogP contribution is -2.48. The molecule has 0 radical (unpaired) electrons. The molecular formula is C14H28N2.